The fourth-order valence-electron chi connectivity index (χ4n) is 3.50. The molecule has 0 unspecified atom stereocenters. The molecular formula is C22H24N4O2. The number of rotatable bonds is 5. The predicted octanol–water partition coefficient (Wildman–Crippen LogP) is 4.11. The highest BCUT2D eigenvalue weighted by Crippen LogP contribution is 2.34. The maximum absolute atomic E-state index is 5.46. The lowest BCUT2D eigenvalue weighted by Crippen LogP contribution is -2.31. The summed E-state index contributed by atoms with van der Waals surface area (Å²) < 4.78 is 10.9. The molecule has 1 N–H and O–H groups in total. The van der Waals surface area contributed by atoms with Crippen molar-refractivity contribution in [1.82, 2.24) is 9.97 Å². The smallest absolute Gasteiger partial charge is 0.229 e. The molecule has 3 aromatic rings. The van der Waals surface area contributed by atoms with Gasteiger partial charge in [-0.3, -0.25) is 0 Å². The molecule has 0 fully saturated rings. The molecular weight excluding hydrogens is 352 g/mol. The molecule has 6 nitrogen and oxygen atoms in total. The van der Waals surface area contributed by atoms with E-state index in [2.05, 4.69) is 40.3 Å². The fraction of sp³-hybridized carbons (Fsp3) is 0.273. The molecule has 1 aromatic heterocycles. The minimum atomic E-state index is 0.602. The summed E-state index contributed by atoms with van der Waals surface area (Å²) in [6, 6.07) is 14.2. The molecule has 144 valence electrons. The molecule has 0 atom stereocenters. The average Bonchev–Trinajstić information content (AvgIpc) is 2.74. The lowest BCUT2D eigenvalue weighted by Gasteiger charge is -2.30. The van der Waals surface area contributed by atoms with Crippen LogP contribution in [0.5, 0.6) is 11.5 Å². The van der Waals surface area contributed by atoms with Gasteiger partial charge in [0.05, 0.1) is 14.2 Å². The van der Waals surface area contributed by atoms with Gasteiger partial charge < -0.3 is 19.7 Å². The first kappa shape index (κ1) is 18.1. The molecule has 0 amide bonds. The van der Waals surface area contributed by atoms with Gasteiger partial charge in [0.15, 0.2) is 11.5 Å². The first-order valence-electron chi connectivity index (χ1n) is 9.32. The van der Waals surface area contributed by atoms with Crippen molar-refractivity contribution in [2.24, 2.45) is 0 Å². The summed E-state index contributed by atoms with van der Waals surface area (Å²) in [6.45, 7) is 3.73. The van der Waals surface area contributed by atoms with E-state index in [1.807, 2.05) is 24.3 Å². The molecule has 0 aliphatic carbocycles. The van der Waals surface area contributed by atoms with Crippen LogP contribution in [0.3, 0.4) is 0 Å². The first-order chi connectivity index (χ1) is 13.7. The molecule has 0 bridgehead atoms. The van der Waals surface area contributed by atoms with Crippen LogP contribution in [0.25, 0.3) is 0 Å². The number of fused-ring (bicyclic) bond motifs is 1. The zero-order chi connectivity index (χ0) is 19.5. The Kier molecular flexibility index (Phi) is 5.02. The highest BCUT2D eigenvalue weighted by atomic mass is 16.5. The Bertz CT molecular complexity index is 990. The average molecular weight is 376 g/mol. The Morgan fingerprint density at radius 3 is 2.50 bits per heavy atom. The van der Waals surface area contributed by atoms with Crippen LogP contribution in [0, 0.1) is 6.92 Å². The Morgan fingerprint density at radius 1 is 1.00 bits per heavy atom. The van der Waals surface area contributed by atoms with Gasteiger partial charge in [0.2, 0.25) is 5.95 Å². The fourth-order valence-corrected chi connectivity index (χ4v) is 3.50. The molecule has 2 heterocycles. The van der Waals surface area contributed by atoms with Gasteiger partial charge in [-0.15, -0.1) is 0 Å². The maximum atomic E-state index is 5.46. The lowest BCUT2D eigenvalue weighted by molar-refractivity contribution is 0.353. The van der Waals surface area contributed by atoms with Gasteiger partial charge in [0.25, 0.3) is 0 Å². The summed E-state index contributed by atoms with van der Waals surface area (Å²) >= 11 is 0. The number of ether oxygens (including phenoxy) is 2. The molecule has 1 aliphatic rings. The van der Waals surface area contributed by atoms with E-state index in [-0.39, 0.29) is 0 Å². The second-order valence-corrected chi connectivity index (χ2v) is 6.83. The summed E-state index contributed by atoms with van der Waals surface area (Å²) in [6.07, 6.45) is 2.73. The standard InChI is InChI=1S/C22H24N4O2/c1-15-6-4-5-7-18(15)24-22-23-10-8-21(25-22)26-11-9-16-12-19(27-2)20(28-3)13-17(16)14-26/h4-8,10,12-13H,9,11,14H2,1-3H3,(H,23,24,25). The van der Waals surface area contributed by atoms with Crippen LogP contribution in [0.1, 0.15) is 16.7 Å². The zero-order valence-corrected chi connectivity index (χ0v) is 16.4. The number of hydrogen-bond acceptors (Lipinski definition) is 6. The molecule has 0 radical (unpaired) electrons. The van der Waals surface area contributed by atoms with Crippen molar-refractivity contribution in [2.45, 2.75) is 19.9 Å². The Morgan fingerprint density at radius 2 is 1.75 bits per heavy atom. The van der Waals surface area contributed by atoms with E-state index < -0.39 is 0 Å². The number of para-hydroxylation sites is 1. The third-order valence-electron chi connectivity index (χ3n) is 5.07. The SMILES string of the molecule is COc1cc2c(cc1OC)CN(c1ccnc(Nc3ccccc3C)n1)CC2. The normalized spacial score (nSPS) is 13.0. The Labute approximate surface area is 165 Å². The second-order valence-electron chi connectivity index (χ2n) is 6.83. The second kappa shape index (κ2) is 7.76. The number of hydrogen-bond donors (Lipinski definition) is 1. The minimum Gasteiger partial charge on any atom is -0.493 e. The Hall–Kier alpha value is -3.28. The molecule has 0 spiro atoms. The van der Waals surface area contributed by atoms with Gasteiger partial charge in [-0.2, -0.15) is 4.98 Å². The summed E-state index contributed by atoms with van der Waals surface area (Å²) in [4.78, 5) is 11.4. The third-order valence-corrected chi connectivity index (χ3v) is 5.07. The van der Waals surface area contributed by atoms with Gasteiger partial charge in [-0.05, 0) is 54.3 Å². The largest absolute Gasteiger partial charge is 0.493 e. The molecule has 2 aromatic carbocycles. The highest BCUT2D eigenvalue weighted by Gasteiger charge is 2.20. The lowest BCUT2D eigenvalue weighted by atomic mass is 9.99. The predicted molar refractivity (Wildman–Crippen MR) is 111 cm³/mol. The van der Waals surface area contributed by atoms with E-state index >= 15 is 0 Å². The summed E-state index contributed by atoms with van der Waals surface area (Å²) in [5.41, 5.74) is 4.70. The topological polar surface area (TPSA) is 59.5 Å². The number of methoxy groups -OCH3 is 2. The summed E-state index contributed by atoms with van der Waals surface area (Å²) in [5, 5.41) is 3.32. The van der Waals surface area contributed by atoms with Crippen molar-refractivity contribution in [1.29, 1.82) is 0 Å². The number of aromatic nitrogens is 2. The van der Waals surface area contributed by atoms with Crippen LogP contribution in [0.2, 0.25) is 0 Å². The number of nitrogens with one attached hydrogen (secondary N) is 1. The van der Waals surface area contributed by atoms with Gasteiger partial charge in [-0.1, -0.05) is 18.2 Å². The van der Waals surface area contributed by atoms with E-state index in [1.165, 1.54) is 11.1 Å². The van der Waals surface area contributed by atoms with Gasteiger partial charge in [-0.25, -0.2) is 4.98 Å². The van der Waals surface area contributed by atoms with E-state index in [4.69, 9.17) is 14.5 Å². The van der Waals surface area contributed by atoms with Crippen molar-refractivity contribution in [2.75, 3.05) is 31.0 Å². The van der Waals surface area contributed by atoms with Crippen LogP contribution >= 0.6 is 0 Å². The van der Waals surface area contributed by atoms with Gasteiger partial charge in [0.1, 0.15) is 5.82 Å². The molecule has 1 aliphatic heterocycles. The van der Waals surface area contributed by atoms with Crippen LogP contribution < -0.4 is 19.7 Å². The van der Waals surface area contributed by atoms with Crippen LogP contribution in [-0.2, 0) is 13.0 Å². The van der Waals surface area contributed by atoms with Crippen molar-refractivity contribution >= 4 is 17.5 Å². The number of benzene rings is 2. The summed E-state index contributed by atoms with van der Waals surface area (Å²) in [7, 11) is 3.34. The van der Waals surface area contributed by atoms with Crippen LogP contribution in [0.15, 0.2) is 48.7 Å². The number of aryl methyl sites for hydroxylation is 1. The van der Waals surface area contributed by atoms with E-state index in [0.29, 0.717) is 5.95 Å². The molecule has 28 heavy (non-hydrogen) atoms. The number of anilines is 3. The van der Waals surface area contributed by atoms with E-state index in [0.717, 1.165) is 48.1 Å². The van der Waals surface area contributed by atoms with E-state index in [9.17, 15) is 0 Å². The van der Waals surface area contributed by atoms with Crippen molar-refractivity contribution < 1.29 is 9.47 Å². The van der Waals surface area contributed by atoms with Crippen LogP contribution in [0.4, 0.5) is 17.5 Å². The third kappa shape index (κ3) is 3.58. The number of nitrogens with zero attached hydrogens (tertiary/aromatic N) is 3. The van der Waals surface area contributed by atoms with Crippen LogP contribution in [-0.4, -0.2) is 30.7 Å². The van der Waals surface area contributed by atoms with E-state index in [1.54, 1.807) is 20.4 Å². The zero-order valence-electron chi connectivity index (χ0n) is 16.4. The monoisotopic (exact) mass is 376 g/mol. The molecule has 6 heteroatoms. The van der Waals surface area contributed by atoms with Crippen molar-refractivity contribution in [3.05, 3.63) is 65.4 Å². The summed E-state index contributed by atoms with van der Waals surface area (Å²) in [5.74, 6) is 3.05. The quantitative estimate of drug-likeness (QED) is 0.723. The van der Waals surface area contributed by atoms with Crippen molar-refractivity contribution in [3.63, 3.8) is 0 Å². The molecule has 4 rings (SSSR count). The maximum Gasteiger partial charge on any atom is 0.229 e. The Balaban J connectivity index is 1.57. The van der Waals surface area contributed by atoms with Gasteiger partial charge >= 0.3 is 0 Å². The minimum absolute atomic E-state index is 0.602. The van der Waals surface area contributed by atoms with Crippen molar-refractivity contribution in [3.8, 4) is 11.5 Å². The van der Waals surface area contributed by atoms with Gasteiger partial charge in [0, 0.05) is 25.0 Å². The highest BCUT2D eigenvalue weighted by molar-refractivity contribution is 5.59. The first-order valence-corrected chi connectivity index (χ1v) is 9.32. The molecule has 0 saturated carbocycles. The molecule has 0 saturated heterocycles.